The molecule has 2 aromatic carbocycles. The Morgan fingerprint density at radius 2 is 1.72 bits per heavy atom. The van der Waals surface area contributed by atoms with Crippen molar-refractivity contribution in [1.29, 1.82) is 0 Å². The molecule has 0 spiro atoms. The summed E-state index contributed by atoms with van der Waals surface area (Å²) in [5.41, 5.74) is 2.83. The van der Waals surface area contributed by atoms with Gasteiger partial charge in [-0.2, -0.15) is 0 Å². The zero-order valence-corrected chi connectivity index (χ0v) is 14.7. The third kappa shape index (κ3) is 4.31. The average Bonchev–Trinajstić information content (AvgIpc) is 2.68. The van der Waals surface area contributed by atoms with E-state index in [0.717, 1.165) is 43.3 Å². The van der Waals surface area contributed by atoms with E-state index in [1.54, 1.807) is 7.11 Å². The van der Waals surface area contributed by atoms with E-state index in [9.17, 15) is 4.79 Å². The fourth-order valence-electron chi connectivity index (χ4n) is 2.90. The molecule has 0 aromatic heterocycles. The average molecular weight is 340 g/mol. The van der Waals surface area contributed by atoms with Crippen LogP contribution in [0.15, 0.2) is 48.5 Å². The molecular weight excluding hydrogens is 316 g/mol. The Hall–Kier alpha value is -2.53. The highest BCUT2D eigenvalue weighted by molar-refractivity contribution is 5.94. The van der Waals surface area contributed by atoms with Crippen LogP contribution in [0.1, 0.15) is 28.9 Å². The highest BCUT2D eigenvalue weighted by atomic mass is 16.5. The first-order valence-electron chi connectivity index (χ1n) is 8.55. The number of methoxy groups -OCH3 is 1. The molecule has 132 valence electrons. The summed E-state index contributed by atoms with van der Waals surface area (Å²) in [5, 5.41) is 3.04. The van der Waals surface area contributed by atoms with Gasteiger partial charge in [-0.3, -0.25) is 4.79 Å². The Labute approximate surface area is 148 Å². The van der Waals surface area contributed by atoms with Gasteiger partial charge in [-0.1, -0.05) is 12.1 Å². The van der Waals surface area contributed by atoms with Crippen LogP contribution in [0.3, 0.4) is 0 Å². The first-order valence-corrected chi connectivity index (χ1v) is 8.55. The molecule has 0 unspecified atom stereocenters. The largest absolute Gasteiger partial charge is 0.497 e. The van der Waals surface area contributed by atoms with Crippen molar-refractivity contribution in [2.75, 3.05) is 38.3 Å². The first kappa shape index (κ1) is 17.3. The SMILES string of the molecule is COc1ccc([C@@H](C)NC(=O)c2ccc(N3CCOCC3)cc2)cc1. The summed E-state index contributed by atoms with van der Waals surface area (Å²) in [5.74, 6) is 0.734. The van der Waals surface area contributed by atoms with Gasteiger partial charge in [-0.25, -0.2) is 0 Å². The lowest BCUT2D eigenvalue weighted by atomic mass is 10.1. The summed E-state index contributed by atoms with van der Waals surface area (Å²) in [6, 6.07) is 15.4. The fourth-order valence-corrected chi connectivity index (χ4v) is 2.90. The maximum absolute atomic E-state index is 12.5. The molecule has 5 nitrogen and oxygen atoms in total. The summed E-state index contributed by atoms with van der Waals surface area (Å²) in [7, 11) is 1.64. The van der Waals surface area contributed by atoms with E-state index in [0.29, 0.717) is 5.56 Å². The van der Waals surface area contributed by atoms with Crippen molar-refractivity contribution in [2.45, 2.75) is 13.0 Å². The first-order chi connectivity index (χ1) is 12.2. The number of nitrogens with zero attached hydrogens (tertiary/aromatic N) is 1. The second-order valence-corrected chi connectivity index (χ2v) is 6.11. The minimum absolute atomic E-state index is 0.0719. The van der Waals surface area contributed by atoms with Crippen molar-refractivity contribution >= 4 is 11.6 Å². The van der Waals surface area contributed by atoms with Gasteiger partial charge >= 0.3 is 0 Å². The molecule has 1 amide bonds. The molecule has 0 radical (unpaired) electrons. The Bertz CT molecular complexity index is 692. The number of ether oxygens (including phenoxy) is 2. The van der Waals surface area contributed by atoms with E-state index >= 15 is 0 Å². The van der Waals surface area contributed by atoms with E-state index in [1.807, 2.05) is 55.5 Å². The second kappa shape index (κ2) is 8.03. The van der Waals surface area contributed by atoms with Crippen LogP contribution in [-0.2, 0) is 4.74 Å². The van der Waals surface area contributed by atoms with Crippen LogP contribution in [-0.4, -0.2) is 39.3 Å². The number of morpholine rings is 1. The molecule has 3 rings (SSSR count). The molecule has 1 saturated heterocycles. The van der Waals surface area contributed by atoms with Crippen molar-refractivity contribution in [3.8, 4) is 5.75 Å². The summed E-state index contributed by atoms with van der Waals surface area (Å²) < 4.78 is 10.5. The second-order valence-electron chi connectivity index (χ2n) is 6.11. The Kier molecular flexibility index (Phi) is 5.56. The summed E-state index contributed by atoms with van der Waals surface area (Å²) >= 11 is 0. The van der Waals surface area contributed by atoms with Gasteiger partial charge in [0.1, 0.15) is 5.75 Å². The van der Waals surface area contributed by atoms with Crippen molar-refractivity contribution < 1.29 is 14.3 Å². The summed E-state index contributed by atoms with van der Waals surface area (Å²) in [6.07, 6.45) is 0. The molecule has 1 fully saturated rings. The van der Waals surface area contributed by atoms with E-state index in [1.165, 1.54) is 0 Å². The van der Waals surface area contributed by atoms with Crippen molar-refractivity contribution in [3.63, 3.8) is 0 Å². The molecule has 0 bridgehead atoms. The van der Waals surface area contributed by atoms with Crippen LogP contribution in [0.4, 0.5) is 5.69 Å². The number of hydrogen-bond acceptors (Lipinski definition) is 4. The van der Waals surface area contributed by atoms with Crippen LogP contribution in [0, 0.1) is 0 Å². The van der Waals surface area contributed by atoms with Crippen molar-refractivity contribution in [3.05, 3.63) is 59.7 Å². The highest BCUT2D eigenvalue weighted by Crippen LogP contribution is 2.19. The minimum atomic E-state index is -0.0724. The molecule has 1 N–H and O–H groups in total. The number of nitrogens with one attached hydrogen (secondary N) is 1. The van der Waals surface area contributed by atoms with Gasteiger partial charge in [0, 0.05) is 24.3 Å². The maximum atomic E-state index is 12.5. The molecule has 5 heteroatoms. The third-order valence-electron chi connectivity index (χ3n) is 4.47. The fraction of sp³-hybridized carbons (Fsp3) is 0.350. The van der Waals surface area contributed by atoms with Gasteiger partial charge in [-0.05, 0) is 48.9 Å². The van der Waals surface area contributed by atoms with Gasteiger partial charge < -0.3 is 19.7 Å². The number of carbonyl (C=O) groups excluding carboxylic acids is 1. The Balaban J connectivity index is 1.61. The molecule has 2 aromatic rings. The molecule has 25 heavy (non-hydrogen) atoms. The standard InChI is InChI=1S/C20H24N2O3/c1-15(16-5-9-19(24-2)10-6-16)21-20(23)17-3-7-18(8-4-17)22-11-13-25-14-12-22/h3-10,15H,11-14H2,1-2H3,(H,21,23)/t15-/m1/s1. The van der Waals surface area contributed by atoms with Crippen LogP contribution in [0.5, 0.6) is 5.75 Å². The maximum Gasteiger partial charge on any atom is 0.251 e. The normalized spacial score (nSPS) is 15.5. The van der Waals surface area contributed by atoms with Gasteiger partial charge in [0.15, 0.2) is 0 Å². The number of rotatable bonds is 5. The van der Waals surface area contributed by atoms with Gasteiger partial charge in [0.05, 0.1) is 26.4 Å². The zero-order valence-electron chi connectivity index (χ0n) is 14.7. The lowest BCUT2D eigenvalue weighted by Gasteiger charge is -2.28. The predicted octanol–water partition coefficient (Wildman–Crippen LogP) is 3.02. The van der Waals surface area contributed by atoms with Crippen LogP contribution in [0.25, 0.3) is 0 Å². The Morgan fingerprint density at radius 3 is 2.32 bits per heavy atom. The van der Waals surface area contributed by atoms with Crippen molar-refractivity contribution in [2.24, 2.45) is 0 Å². The van der Waals surface area contributed by atoms with Crippen LogP contribution < -0.4 is 15.0 Å². The quantitative estimate of drug-likeness (QED) is 0.909. The topological polar surface area (TPSA) is 50.8 Å². The van der Waals surface area contributed by atoms with Crippen LogP contribution in [0.2, 0.25) is 0 Å². The molecule has 1 aliphatic rings. The number of anilines is 1. The zero-order chi connectivity index (χ0) is 17.6. The number of benzene rings is 2. The predicted molar refractivity (Wildman–Crippen MR) is 98.3 cm³/mol. The number of carbonyl (C=O) groups is 1. The summed E-state index contributed by atoms with van der Waals surface area (Å²) in [6.45, 7) is 5.26. The van der Waals surface area contributed by atoms with E-state index in [2.05, 4.69) is 10.2 Å². The van der Waals surface area contributed by atoms with E-state index in [4.69, 9.17) is 9.47 Å². The van der Waals surface area contributed by atoms with Crippen molar-refractivity contribution in [1.82, 2.24) is 5.32 Å². The minimum Gasteiger partial charge on any atom is -0.497 e. The van der Waals surface area contributed by atoms with Gasteiger partial charge in [0.25, 0.3) is 5.91 Å². The number of amides is 1. The monoisotopic (exact) mass is 340 g/mol. The Morgan fingerprint density at radius 1 is 1.08 bits per heavy atom. The van der Waals surface area contributed by atoms with E-state index < -0.39 is 0 Å². The lowest BCUT2D eigenvalue weighted by molar-refractivity contribution is 0.0940. The smallest absolute Gasteiger partial charge is 0.251 e. The molecule has 1 atom stereocenters. The summed E-state index contributed by atoms with van der Waals surface area (Å²) in [4.78, 5) is 14.7. The lowest BCUT2D eigenvalue weighted by Crippen LogP contribution is -2.36. The molecule has 0 aliphatic carbocycles. The van der Waals surface area contributed by atoms with Gasteiger partial charge in [0.2, 0.25) is 0 Å². The number of hydrogen-bond donors (Lipinski definition) is 1. The third-order valence-corrected chi connectivity index (χ3v) is 4.47. The van der Waals surface area contributed by atoms with Crippen LogP contribution >= 0.6 is 0 Å². The molecule has 1 heterocycles. The molecule has 1 aliphatic heterocycles. The van der Waals surface area contributed by atoms with Gasteiger partial charge in [-0.15, -0.1) is 0 Å². The molecular formula is C20H24N2O3. The highest BCUT2D eigenvalue weighted by Gasteiger charge is 2.14. The van der Waals surface area contributed by atoms with E-state index in [-0.39, 0.29) is 11.9 Å². The molecule has 0 saturated carbocycles.